The highest BCUT2D eigenvalue weighted by Gasteiger charge is 2.17. The number of hydrogen-bond acceptors (Lipinski definition) is 3. The van der Waals surface area contributed by atoms with E-state index in [1.54, 1.807) is 0 Å². The second-order valence-corrected chi connectivity index (χ2v) is 5.15. The first-order valence-corrected chi connectivity index (χ1v) is 7.19. The van der Waals surface area contributed by atoms with Crippen LogP contribution in [0.2, 0.25) is 0 Å². The van der Waals surface area contributed by atoms with Crippen molar-refractivity contribution in [1.29, 1.82) is 0 Å². The predicted molar refractivity (Wildman–Crippen MR) is 72.3 cm³/mol. The summed E-state index contributed by atoms with van der Waals surface area (Å²) in [6.07, 6.45) is 11.1. The van der Waals surface area contributed by atoms with Crippen LogP contribution in [0.1, 0.15) is 57.3 Å². The smallest absolute Gasteiger partial charge is 0.125 e. The molecule has 1 saturated heterocycles. The van der Waals surface area contributed by atoms with Crippen molar-refractivity contribution in [3.8, 4) is 0 Å². The monoisotopic (exact) mass is 251 g/mol. The Labute approximate surface area is 110 Å². The van der Waals surface area contributed by atoms with Crippen molar-refractivity contribution in [3.05, 3.63) is 18.2 Å². The summed E-state index contributed by atoms with van der Waals surface area (Å²) in [6.45, 7) is 4.10. The topological polar surface area (TPSA) is 53.1 Å². The zero-order valence-electron chi connectivity index (χ0n) is 11.3. The third-order valence-corrected chi connectivity index (χ3v) is 3.62. The molecule has 4 heteroatoms. The van der Waals surface area contributed by atoms with Gasteiger partial charge in [-0.1, -0.05) is 6.92 Å². The number of imidazole rings is 1. The Bertz CT molecular complexity index is 345. The second kappa shape index (κ2) is 6.90. The molecule has 1 fully saturated rings. The van der Waals surface area contributed by atoms with Gasteiger partial charge in [-0.15, -0.1) is 0 Å². The maximum atomic E-state index is 6.25. The standard InChI is InChI=1S/C14H25N3O/c1-2-9-17-10-8-16-14(17)13(15)7-6-12-5-3-4-11-18-12/h8,10,12-13H,2-7,9,11,15H2,1H3. The first-order valence-electron chi connectivity index (χ1n) is 7.19. The van der Waals surface area contributed by atoms with Crippen LogP contribution in [0.25, 0.3) is 0 Å². The number of ether oxygens (including phenoxy) is 1. The van der Waals surface area contributed by atoms with Gasteiger partial charge in [0.2, 0.25) is 0 Å². The molecule has 1 aromatic rings. The molecule has 2 heterocycles. The summed E-state index contributed by atoms with van der Waals surface area (Å²) in [5.41, 5.74) is 6.25. The Morgan fingerprint density at radius 2 is 2.44 bits per heavy atom. The quantitative estimate of drug-likeness (QED) is 0.845. The minimum Gasteiger partial charge on any atom is -0.378 e. The average Bonchev–Trinajstić information content (AvgIpc) is 2.86. The SMILES string of the molecule is CCCn1ccnc1C(N)CCC1CCCCO1. The van der Waals surface area contributed by atoms with Gasteiger partial charge < -0.3 is 15.0 Å². The van der Waals surface area contributed by atoms with Gasteiger partial charge in [0.15, 0.2) is 0 Å². The largest absolute Gasteiger partial charge is 0.378 e. The molecule has 2 N–H and O–H groups in total. The molecule has 0 amide bonds. The highest BCUT2D eigenvalue weighted by molar-refractivity contribution is 4.98. The molecule has 2 atom stereocenters. The summed E-state index contributed by atoms with van der Waals surface area (Å²) in [6, 6.07) is 0.0390. The second-order valence-electron chi connectivity index (χ2n) is 5.15. The molecule has 18 heavy (non-hydrogen) atoms. The van der Waals surface area contributed by atoms with E-state index in [4.69, 9.17) is 10.5 Å². The van der Waals surface area contributed by atoms with Crippen molar-refractivity contribution >= 4 is 0 Å². The highest BCUT2D eigenvalue weighted by Crippen LogP contribution is 2.21. The van der Waals surface area contributed by atoms with E-state index in [9.17, 15) is 0 Å². The minimum absolute atomic E-state index is 0.0390. The van der Waals surface area contributed by atoms with Crippen LogP contribution >= 0.6 is 0 Å². The van der Waals surface area contributed by atoms with Gasteiger partial charge in [0.1, 0.15) is 5.82 Å². The number of nitrogens with zero attached hydrogens (tertiary/aromatic N) is 2. The van der Waals surface area contributed by atoms with Crippen LogP contribution in [-0.4, -0.2) is 22.3 Å². The van der Waals surface area contributed by atoms with E-state index in [-0.39, 0.29) is 6.04 Å². The molecule has 0 aromatic carbocycles. The van der Waals surface area contributed by atoms with E-state index < -0.39 is 0 Å². The zero-order chi connectivity index (χ0) is 12.8. The summed E-state index contributed by atoms with van der Waals surface area (Å²) in [5, 5.41) is 0. The first-order chi connectivity index (χ1) is 8.81. The molecule has 102 valence electrons. The third kappa shape index (κ3) is 3.56. The van der Waals surface area contributed by atoms with Crippen LogP contribution in [0.15, 0.2) is 12.4 Å². The molecule has 4 nitrogen and oxygen atoms in total. The summed E-state index contributed by atoms with van der Waals surface area (Å²) in [4.78, 5) is 4.40. The van der Waals surface area contributed by atoms with Crippen LogP contribution in [0.3, 0.4) is 0 Å². The fourth-order valence-electron chi connectivity index (χ4n) is 2.61. The van der Waals surface area contributed by atoms with Crippen LogP contribution in [0.4, 0.5) is 0 Å². The lowest BCUT2D eigenvalue weighted by atomic mass is 10.0. The Hall–Kier alpha value is -0.870. The third-order valence-electron chi connectivity index (χ3n) is 3.62. The number of aryl methyl sites for hydroxylation is 1. The van der Waals surface area contributed by atoms with E-state index in [1.807, 2.05) is 12.4 Å². The normalized spacial score (nSPS) is 22.0. The van der Waals surface area contributed by atoms with Crippen LogP contribution in [-0.2, 0) is 11.3 Å². The van der Waals surface area contributed by atoms with E-state index >= 15 is 0 Å². The van der Waals surface area contributed by atoms with E-state index in [2.05, 4.69) is 16.5 Å². The molecular weight excluding hydrogens is 226 g/mol. The van der Waals surface area contributed by atoms with Crippen LogP contribution in [0, 0.1) is 0 Å². The minimum atomic E-state index is 0.0390. The number of nitrogens with two attached hydrogens (primary N) is 1. The molecular formula is C14H25N3O. The first kappa shape index (κ1) is 13.6. The Morgan fingerprint density at radius 3 is 3.17 bits per heavy atom. The van der Waals surface area contributed by atoms with E-state index in [0.29, 0.717) is 6.10 Å². The molecule has 0 bridgehead atoms. The maximum Gasteiger partial charge on any atom is 0.125 e. The van der Waals surface area contributed by atoms with Crippen molar-refractivity contribution < 1.29 is 4.74 Å². The number of hydrogen-bond donors (Lipinski definition) is 1. The zero-order valence-corrected chi connectivity index (χ0v) is 11.3. The fraction of sp³-hybridized carbons (Fsp3) is 0.786. The molecule has 0 aliphatic carbocycles. The number of rotatable bonds is 6. The molecule has 0 spiro atoms. The lowest BCUT2D eigenvalue weighted by Gasteiger charge is -2.23. The molecule has 0 radical (unpaired) electrons. The molecule has 0 saturated carbocycles. The lowest BCUT2D eigenvalue weighted by molar-refractivity contribution is 0.00897. The maximum absolute atomic E-state index is 6.25. The van der Waals surface area contributed by atoms with E-state index in [1.165, 1.54) is 19.3 Å². The van der Waals surface area contributed by atoms with Crippen molar-refractivity contribution in [1.82, 2.24) is 9.55 Å². The van der Waals surface area contributed by atoms with Crippen molar-refractivity contribution in [2.24, 2.45) is 5.73 Å². The van der Waals surface area contributed by atoms with Crippen molar-refractivity contribution in [3.63, 3.8) is 0 Å². The molecule has 1 aliphatic rings. The van der Waals surface area contributed by atoms with Gasteiger partial charge in [-0.05, 0) is 38.5 Å². The molecule has 1 aromatic heterocycles. The molecule has 1 aliphatic heterocycles. The predicted octanol–water partition coefficient (Wildman–Crippen LogP) is 2.64. The molecule has 2 unspecified atom stereocenters. The fourth-order valence-corrected chi connectivity index (χ4v) is 2.61. The van der Waals surface area contributed by atoms with Gasteiger partial charge in [0, 0.05) is 25.5 Å². The highest BCUT2D eigenvalue weighted by atomic mass is 16.5. The summed E-state index contributed by atoms with van der Waals surface area (Å²) < 4.78 is 7.91. The number of aromatic nitrogens is 2. The Morgan fingerprint density at radius 1 is 1.56 bits per heavy atom. The van der Waals surface area contributed by atoms with Gasteiger partial charge >= 0.3 is 0 Å². The Balaban J connectivity index is 1.82. The lowest BCUT2D eigenvalue weighted by Crippen LogP contribution is -2.23. The van der Waals surface area contributed by atoms with Gasteiger partial charge in [-0.25, -0.2) is 4.98 Å². The van der Waals surface area contributed by atoms with Crippen LogP contribution in [0.5, 0.6) is 0 Å². The van der Waals surface area contributed by atoms with E-state index in [0.717, 1.165) is 38.2 Å². The van der Waals surface area contributed by atoms with Gasteiger partial charge in [0.25, 0.3) is 0 Å². The van der Waals surface area contributed by atoms with Crippen LogP contribution < -0.4 is 5.73 Å². The Kier molecular flexibility index (Phi) is 5.20. The summed E-state index contributed by atoms with van der Waals surface area (Å²) in [5.74, 6) is 1.02. The summed E-state index contributed by atoms with van der Waals surface area (Å²) in [7, 11) is 0. The average molecular weight is 251 g/mol. The van der Waals surface area contributed by atoms with Crippen molar-refractivity contribution in [2.75, 3.05) is 6.61 Å². The van der Waals surface area contributed by atoms with Crippen molar-refractivity contribution in [2.45, 2.75) is 64.1 Å². The molecule has 2 rings (SSSR count). The summed E-state index contributed by atoms with van der Waals surface area (Å²) >= 11 is 0. The van der Waals surface area contributed by atoms with Gasteiger partial charge in [0.05, 0.1) is 12.1 Å². The van der Waals surface area contributed by atoms with Gasteiger partial charge in [-0.2, -0.15) is 0 Å². The van der Waals surface area contributed by atoms with Gasteiger partial charge in [-0.3, -0.25) is 0 Å².